The molecular formula is C16H26N2O3. The zero-order valence-corrected chi connectivity index (χ0v) is 12.9. The number of aliphatic hydroxyl groups is 1. The Morgan fingerprint density at radius 3 is 2.57 bits per heavy atom. The maximum Gasteiger partial charge on any atom is 0.227 e. The van der Waals surface area contributed by atoms with Gasteiger partial charge >= 0.3 is 0 Å². The summed E-state index contributed by atoms with van der Waals surface area (Å²) < 4.78 is 5.46. The molecule has 0 aromatic heterocycles. The summed E-state index contributed by atoms with van der Waals surface area (Å²) in [5.41, 5.74) is 6.17. The second-order valence-electron chi connectivity index (χ2n) is 5.05. The standard InChI is InChI=1S/C16H26N2O3/c1-3-16(4-2,12-17)15(20)18-11-13-7-5-6-8-14(13)21-10-9-19/h5-8,19H,3-4,9-12,17H2,1-2H3,(H,18,20). The molecule has 1 rings (SSSR count). The van der Waals surface area contributed by atoms with Gasteiger partial charge in [0, 0.05) is 18.7 Å². The summed E-state index contributed by atoms with van der Waals surface area (Å²) in [4.78, 5) is 12.4. The lowest BCUT2D eigenvalue weighted by molar-refractivity contribution is -0.131. The Kier molecular flexibility index (Phi) is 7.19. The molecule has 0 heterocycles. The van der Waals surface area contributed by atoms with Crippen LogP contribution in [0.1, 0.15) is 32.3 Å². The highest BCUT2D eigenvalue weighted by atomic mass is 16.5. The minimum Gasteiger partial charge on any atom is -0.491 e. The van der Waals surface area contributed by atoms with Crippen molar-refractivity contribution in [2.45, 2.75) is 33.2 Å². The molecule has 1 aromatic rings. The van der Waals surface area contributed by atoms with Crippen LogP contribution in [0.25, 0.3) is 0 Å². The van der Waals surface area contributed by atoms with Gasteiger partial charge in [0.05, 0.1) is 12.0 Å². The Balaban J connectivity index is 2.72. The van der Waals surface area contributed by atoms with Gasteiger partial charge in [0.15, 0.2) is 0 Å². The molecule has 118 valence electrons. The predicted octanol–water partition coefficient (Wildman–Crippen LogP) is 1.44. The molecule has 0 saturated carbocycles. The maximum absolute atomic E-state index is 12.4. The van der Waals surface area contributed by atoms with Crippen LogP contribution < -0.4 is 15.8 Å². The first-order chi connectivity index (χ1) is 10.1. The first-order valence-corrected chi connectivity index (χ1v) is 7.43. The highest BCUT2D eigenvalue weighted by molar-refractivity contribution is 5.82. The molecule has 0 fully saturated rings. The number of para-hydroxylation sites is 1. The van der Waals surface area contributed by atoms with Crippen molar-refractivity contribution in [1.82, 2.24) is 5.32 Å². The summed E-state index contributed by atoms with van der Waals surface area (Å²) >= 11 is 0. The van der Waals surface area contributed by atoms with E-state index in [9.17, 15) is 4.79 Å². The van der Waals surface area contributed by atoms with Gasteiger partial charge in [-0.15, -0.1) is 0 Å². The number of hydrogen-bond donors (Lipinski definition) is 3. The zero-order valence-electron chi connectivity index (χ0n) is 12.9. The fourth-order valence-electron chi connectivity index (χ4n) is 2.26. The fourth-order valence-corrected chi connectivity index (χ4v) is 2.26. The topological polar surface area (TPSA) is 84.6 Å². The van der Waals surface area contributed by atoms with Gasteiger partial charge in [-0.3, -0.25) is 4.79 Å². The zero-order chi connectivity index (χ0) is 15.7. The van der Waals surface area contributed by atoms with E-state index in [4.69, 9.17) is 15.6 Å². The number of carbonyl (C=O) groups excluding carboxylic acids is 1. The van der Waals surface area contributed by atoms with Crippen LogP contribution in [-0.4, -0.2) is 30.8 Å². The molecule has 0 unspecified atom stereocenters. The molecule has 0 aliphatic rings. The van der Waals surface area contributed by atoms with Crippen LogP contribution >= 0.6 is 0 Å². The van der Waals surface area contributed by atoms with E-state index >= 15 is 0 Å². The van der Waals surface area contributed by atoms with E-state index in [0.717, 1.165) is 5.56 Å². The van der Waals surface area contributed by atoms with Crippen LogP contribution in [0.5, 0.6) is 5.75 Å². The molecule has 21 heavy (non-hydrogen) atoms. The van der Waals surface area contributed by atoms with E-state index in [1.807, 2.05) is 38.1 Å². The number of nitrogens with two attached hydrogens (primary N) is 1. The maximum atomic E-state index is 12.4. The van der Waals surface area contributed by atoms with Crippen molar-refractivity contribution in [2.24, 2.45) is 11.1 Å². The third-order valence-electron chi connectivity index (χ3n) is 3.99. The van der Waals surface area contributed by atoms with Crippen LogP contribution in [0.15, 0.2) is 24.3 Å². The lowest BCUT2D eigenvalue weighted by Gasteiger charge is -2.28. The molecule has 0 spiro atoms. The first kappa shape index (κ1) is 17.5. The van der Waals surface area contributed by atoms with E-state index in [1.165, 1.54) is 0 Å². The van der Waals surface area contributed by atoms with E-state index in [-0.39, 0.29) is 19.1 Å². The van der Waals surface area contributed by atoms with Crippen LogP contribution in [0.4, 0.5) is 0 Å². The van der Waals surface area contributed by atoms with E-state index in [0.29, 0.717) is 31.7 Å². The van der Waals surface area contributed by atoms with Crippen LogP contribution in [0.2, 0.25) is 0 Å². The van der Waals surface area contributed by atoms with Gasteiger partial charge in [-0.05, 0) is 18.9 Å². The molecule has 1 amide bonds. The first-order valence-electron chi connectivity index (χ1n) is 7.43. The largest absolute Gasteiger partial charge is 0.491 e. The number of carbonyl (C=O) groups is 1. The molecule has 0 bridgehead atoms. The molecule has 0 aliphatic heterocycles. The fraction of sp³-hybridized carbons (Fsp3) is 0.562. The van der Waals surface area contributed by atoms with Gasteiger partial charge in [-0.1, -0.05) is 32.0 Å². The molecular weight excluding hydrogens is 268 g/mol. The lowest BCUT2D eigenvalue weighted by atomic mass is 9.81. The third-order valence-corrected chi connectivity index (χ3v) is 3.99. The Bertz CT molecular complexity index is 437. The lowest BCUT2D eigenvalue weighted by Crippen LogP contribution is -2.45. The summed E-state index contributed by atoms with van der Waals surface area (Å²) in [6.07, 6.45) is 1.43. The predicted molar refractivity (Wildman–Crippen MR) is 82.9 cm³/mol. The van der Waals surface area contributed by atoms with Crippen molar-refractivity contribution in [3.05, 3.63) is 29.8 Å². The van der Waals surface area contributed by atoms with Crippen molar-refractivity contribution in [2.75, 3.05) is 19.8 Å². The van der Waals surface area contributed by atoms with Crippen LogP contribution in [0, 0.1) is 5.41 Å². The Hall–Kier alpha value is -1.59. The van der Waals surface area contributed by atoms with E-state index < -0.39 is 5.41 Å². The average Bonchev–Trinajstić information content (AvgIpc) is 2.53. The number of hydrogen-bond acceptors (Lipinski definition) is 4. The van der Waals surface area contributed by atoms with Crippen molar-refractivity contribution >= 4 is 5.91 Å². The van der Waals surface area contributed by atoms with Gasteiger partial charge < -0.3 is 20.9 Å². The minimum atomic E-state index is -0.499. The van der Waals surface area contributed by atoms with E-state index in [2.05, 4.69) is 5.32 Å². The monoisotopic (exact) mass is 294 g/mol. The molecule has 4 N–H and O–H groups in total. The second kappa shape index (κ2) is 8.64. The quantitative estimate of drug-likeness (QED) is 0.643. The van der Waals surface area contributed by atoms with Crippen molar-refractivity contribution in [3.8, 4) is 5.75 Å². The average molecular weight is 294 g/mol. The summed E-state index contributed by atoms with van der Waals surface area (Å²) in [5.74, 6) is 0.658. The molecule has 0 aliphatic carbocycles. The van der Waals surface area contributed by atoms with Gasteiger partial charge in [0.25, 0.3) is 0 Å². The highest BCUT2D eigenvalue weighted by Gasteiger charge is 2.33. The highest BCUT2D eigenvalue weighted by Crippen LogP contribution is 2.25. The van der Waals surface area contributed by atoms with E-state index in [1.54, 1.807) is 0 Å². The molecule has 1 aromatic carbocycles. The third kappa shape index (κ3) is 4.44. The molecule has 0 saturated heterocycles. The van der Waals surface area contributed by atoms with Gasteiger partial charge in [0.1, 0.15) is 12.4 Å². The number of amides is 1. The summed E-state index contributed by atoms with van der Waals surface area (Å²) in [5, 5.41) is 11.8. The number of rotatable bonds is 9. The Labute approximate surface area is 126 Å². The van der Waals surface area contributed by atoms with Gasteiger partial charge in [0.2, 0.25) is 5.91 Å². The Morgan fingerprint density at radius 2 is 2.00 bits per heavy atom. The molecule has 5 nitrogen and oxygen atoms in total. The summed E-state index contributed by atoms with van der Waals surface area (Å²) in [7, 11) is 0. The number of nitrogens with one attached hydrogen (secondary N) is 1. The molecule has 5 heteroatoms. The minimum absolute atomic E-state index is 0.0213. The second-order valence-corrected chi connectivity index (χ2v) is 5.05. The SMILES string of the molecule is CCC(CC)(CN)C(=O)NCc1ccccc1OCCO. The van der Waals surface area contributed by atoms with Crippen LogP contribution in [0.3, 0.4) is 0 Å². The molecule has 0 radical (unpaired) electrons. The number of benzene rings is 1. The van der Waals surface area contributed by atoms with Gasteiger partial charge in [-0.25, -0.2) is 0 Å². The van der Waals surface area contributed by atoms with Crippen LogP contribution in [-0.2, 0) is 11.3 Å². The number of ether oxygens (including phenoxy) is 1. The summed E-state index contributed by atoms with van der Waals surface area (Å²) in [6.45, 7) is 4.89. The van der Waals surface area contributed by atoms with Gasteiger partial charge in [-0.2, -0.15) is 0 Å². The smallest absolute Gasteiger partial charge is 0.227 e. The Morgan fingerprint density at radius 1 is 1.33 bits per heavy atom. The van der Waals surface area contributed by atoms with Crippen molar-refractivity contribution in [3.63, 3.8) is 0 Å². The van der Waals surface area contributed by atoms with Crippen molar-refractivity contribution in [1.29, 1.82) is 0 Å². The normalized spacial score (nSPS) is 11.2. The number of aliphatic hydroxyl groups excluding tert-OH is 1. The van der Waals surface area contributed by atoms with Crippen molar-refractivity contribution < 1.29 is 14.6 Å². The summed E-state index contributed by atoms with van der Waals surface area (Å²) in [6, 6.07) is 7.48. The molecule has 0 atom stereocenters.